The van der Waals surface area contributed by atoms with Crippen molar-refractivity contribution in [1.82, 2.24) is 14.5 Å². The molecule has 0 aliphatic heterocycles. The third-order valence-corrected chi connectivity index (χ3v) is 5.45. The van der Waals surface area contributed by atoms with Crippen molar-refractivity contribution < 1.29 is 4.74 Å². The first kappa shape index (κ1) is 18.1. The van der Waals surface area contributed by atoms with Crippen molar-refractivity contribution in [2.45, 2.75) is 33.5 Å². The van der Waals surface area contributed by atoms with Crippen LogP contribution in [-0.4, -0.2) is 34.1 Å². The average Bonchev–Trinajstić information content (AvgIpc) is 3.23. The molecule has 0 aliphatic rings. The summed E-state index contributed by atoms with van der Waals surface area (Å²) in [7, 11) is 0. The van der Waals surface area contributed by atoms with Crippen molar-refractivity contribution in [3.05, 3.63) is 48.3 Å². The Morgan fingerprint density at radius 2 is 2.00 bits per heavy atom. The Hall–Kier alpha value is -1.69. The van der Waals surface area contributed by atoms with Gasteiger partial charge in [0, 0.05) is 29.6 Å². The van der Waals surface area contributed by atoms with Crippen LogP contribution >= 0.6 is 11.3 Å². The maximum atomic E-state index is 5.78. The molecule has 25 heavy (non-hydrogen) atoms. The summed E-state index contributed by atoms with van der Waals surface area (Å²) in [6.45, 7) is 14.3. The van der Waals surface area contributed by atoms with Gasteiger partial charge in [-0.2, -0.15) is 0 Å². The molecule has 0 saturated carbocycles. The van der Waals surface area contributed by atoms with Gasteiger partial charge in [0.25, 0.3) is 0 Å². The van der Waals surface area contributed by atoms with Gasteiger partial charge < -0.3 is 9.30 Å². The first-order chi connectivity index (χ1) is 12.2. The molecule has 0 saturated heterocycles. The molecule has 0 spiro atoms. The fourth-order valence-electron chi connectivity index (χ4n) is 3.08. The molecule has 1 unspecified atom stereocenters. The second kappa shape index (κ2) is 8.13. The van der Waals surface area contributed by atoms with Crippen LogP contribution < -0.4 is 0 Å². The number of benzene rings is 1. The van der Waals surface area contributed by atoms with Crippen molar-refractivity contribution in [1.29, 1.82) is 0 Å². The summed E-state index contributed by atoms with van der Waals surface area (Å²) in [5, 5.41) is 2.21. The Bertz CT molecular complexity index is 819. The maximum absolute atomic E-state index is 5.78. The van der Waals surface area contributed by atoms with Crippen molar-refractivity contribution >= 4 is 22.2 Å². The molecule has 3 aromatic rings. The topological polar surface area (TPSA) is 30.3 Å². The summed E-state index contributed by atoms with van der Waals surface area (Å²) < 4.78 is 7.93. The molecule has 1 atom stereocenters. The van der Waals surface area contributed by atoms with E-state index in [1.807, 2.05) is 13.1 Å². The van der Waals surface area contributed by atoms with Crippen LogP contribution in [0.3, 0.4) is 0 Å². The highest BCUT2D eigenvalue weighted by molar-refractivity contribution is 7.15. The molecule has 1 radical (unpaired) electrons. The summed E-state index contributed by atoms with van der Waals surface area (Å²) in [6, 6.07) is 10.5. The van der Waals surface area contributed by atoms with E-state index >= 15 is 0 Å². The minimum absolute atomic E-state index is 0.268. The van der Waals surface area contributed by atoms with Gasteiger partial charge in [-0.25, -0.2) is 4.98 Å². The second-order valence-corrected chi connectivity index (χ2v) is 7.08. The third-order valence-electron chi connectivity index (χ3n) is 4.44. The van der Waals surface area contributed by atoms with E-state index in [4.69, 9.17) is 9.72 Å². The van der Waals surface area contributed by atoms with E-state index in [0.29, 0.717) is 6.61 Å². The van der Waals surface area contributed by atoms with Crippen LogP contribution in [0.25, 0.3) is 21.6 Å². The van der Waals surface area contributed by atoms with Crippen molar-refractivity contribution in [2.24, 2.45) is 0 Å². The van der Waals surface area contributed by atoms with E-state index < -0.39 is 0 Å². The van der Waals surface area contributed by atoms with Crippen LogP contribution in [0, 0.1) is 6.92 Å². The molecule has 0 amide bonds. The number of ether oxygens (including phenoxy) is 1. The zero-order valence-electron chi connectivity index (χ0n) is 15.2. The van der Waals surface area contributed by atoms with Crippen LogP contribution in [-0.2, 0) is 11.3 Å². The Labute approximate surface area is 154 Å². The molecular formula is C20H26N3OS. The number of para-hydroxylation sites is 1. The summed E-state index contributed by atoms with van der Waals surface area (Å²) in [5.41, 5.74) is 2.21. The SMILES string of the molecule is [CH2]C(OCC)n1c(-c2ncc(CN(CC)CC)s2)cc2ccccc21. The maximum Gasteiger partial charge on any atom is 0.140 e. The Morgan fingerprint density at radius 3 is 2.72 bits per heavy atom. The summed E-state index contributed by atoms with van der Waals surface area (Å²) in [4.78, 5) is 8.38. The summed E-state index contributed by atoms with van der Waals surface area (Å²) in [6.07, 6.45) is 1.73. The Balaban J connectivity index is 2.00. The predicted octanol–water partition coefficient (Wildman–Crippen LogP) is 4.98. The Kier molecular flexibility index (Phi) is 5.89. The van der Waals surface area contributed by atoms with E-state index in [-0.39, 0.29) is 6.23 Å². The lowest BCUT2D eigenvalue weighted by Gasteiger charge is -2.18. The fourth-order valence-corrected chi connectivity index (χ4v) is 4.05. The van der Waals surface area contributed by atoms with Gasteiger partial charge in [0.05, 0.1) is 11.2 Å². The second-order valence-electron chi connectivity index (χ2n) is 5.96. The van der Waals surface area contributed by atoms with E-state index in [1.165, 1.54) is 10.3 Å². The normalized spacial score (nSPS) is 13.0. The van der Waals surface area contributed by atoms with Crippen LogP contribution in [0.2, 0.25) is 0 Å². The van der Waals surface area contributed by atoms with E-state index in [2.05, 4.69) is 60.6 Å². The molecule has 5 heteroatoms. The zero-order chi connectivity index (χ0) is 17.8. The molecule has 2 heterocycles. The molecule has 133 valence electrons. The lowest BCUT2D eigenvalue weighted by atomic mass is 10.2. The molecule has 1 aromatic carbocycles. The van der Waals surface area contributed by atoms with Crippen LogP contribution in [0.1, 0.15) is 31.9 Å². The number of hydrogen-bond donors (Lipinski definition) is 0. The van der Waals surface area contributed by atoms with E-state index in [0.717, 1.165) is 35.9 Å². The smallest absolute Gasteiger partial charge is 0.140 e. The van der Waals surface area contributed by atoms with Gasteiger partial charge in [0.1, 0.15) is 11.2 Å². The molecular weight excluding hydrogens is 330 g/mol. The largest absolute Gasteiger partial charge is 0.358 e. The van der Waals surface area contributed by atoms with Gasteiger partial charge in [0.15, 0.2) is 0 Å². The first-order valence-corrected chi connectivity index (χ1v) is 9.71. The molecule has 0 N–H and O–H groups in total. The number of aromatic nitrogens is 2. The monoisotopic (exact) mass is 356 g/mol. The number of fused-ring (bicyclic) bond motifs is 1. The van der Waals surface area contributed by atoms with Crippen molar-refractivity contribution in [2.75, 3.05) is 19.7 Å². The van der Waals surface area contributed by atoms with Crippen LogP contribution in [0.4, 0.5) is 0 Å². The number of nitrogens with zero attached hydrogens (tertiary/aromatic N) is 3. The quantitative estimate of drug-likeness (QED) is 0.570. The van der Waals surface area contributed by atoms with Gasteiger partial charge in [-0.15, -0.1) is 11.3 Å². The van der Waals surface area contributed by atoms with Crippen molar-refractivity contribution in [3.8, 4) is 10.7 Å². The van der Waals surface area contributed by atoms with E-state index in [1.54, 1.807) is 11.3 Å². The lowest BCUT2D eigenvalue weighted by Crippen LogP contribution is -2.21. The minimum atomic E-state index is -0.268. The highest BCUT2D eigenvalue weighted by atomic mass is 32.1. The summed E-state index contributed by atoms with van der Waals surface area (Å²) in [5.74, 6) is 0. The zero-order valence-corrected chi connectivity index (χ0v) is 16.1. The minimum Gasteiger partial charge on any atom is -0.358 e. The van der Waals surface area contributed by atoms with Gasteiger partial charge in [-0.1, -0.05) is 32.0 Å². The van der Waals surface area contributed by atoms with Gasteiger partial charge in [-0.05, 0) is 39.1 Å². The van der Waals surface area contributed by atoms with Gasteiger partial charge >= 0.3 is 0 Å². The number of hydrogen-bond acceptors (Lipinski definition) is 4. The average molecular weight is 357 g/mol. The van der Waals surface area contributed by atoms with Crippen LogP contribution in [0.15, 0.2) is 36.5 Å². The summed E-state index contributed by atoms with van der Waals surface area (Å²) >= 11 is 1.75. The predicted molar refractivity (Wildman–Crippen MR) is 106 cm³/mol. The first-order valence-electron chi connectivity index (χ1n) is 8.90. The third kappa shape index (κ3) is 3.78. The molecule has 4 nitrogen and oxygen atoms in total. The highest BCUT2D eigenvalue weighted by Gasteiger charge is 2.18. The molecule has 2 aromatic heterocycles. The Morgan fingerprint density at radius 1 is 1.24 bits per heavy atom. The van der Waals surface area contributed by atoms with Crippen LogP contribution in [0.5, 0.6) is 0 Å². The van der Waals surface area contributed by atoms with Gasteiger partial charge in [-0.3, -0.25) is 4.90 Å². The van der Waals surface area contributed by atoms with E-state index in [9.17, 15) is 0 Å². The highest BCUT2D eigenvalue weighted by Crippen LogP contribution is 2.34. The van der Waals surface area contributed by atoms with Gasteiger partial charge in [0.2, 0.25) is 0 Å². The molecule has 0 aliphatic carbocycles. The lowest BCUT2D eigenvalue weighted by molar-refractivity contribution is 0.0489. The number of rotatable bonds is 8. The number of thiazole rings is 1. The molecule has 0 bridgehead atoms. The van der Waals surface area contributed by atoms with Crippen molar-refractivity contribution in [3.63, 3.8) is 0 Å². The molecule has 0 fully saturated rings. The standard InChI is InChI=1S/C20H26N3OS/c1-5-22(6-2)14-17-13-21-20(25-17)19-12-16-10-8-9-11-18(16)23(19)15(4)24-7-3/h8-13,15H,4-7,14H2,1-3H3. The fraction of sp³-hybridized carbons (Fsp3) is 0.400. The molecule has 3 rings (SSSR count).